The molecule has 2 aromatic rings. The molecule has 1 aromatic heterocycles. The monoisotopic (exact) mass is 285 g/mol. The Balaban J connectivity index is 2.49. The van der Waals surface area contributed by atoms with E-state index in [2.05, 4.69) is 0 Å². The van der Waals surface area contributed by atoms with Gasteiger partial charge in [0.1, 0.15) is 11.5 Å². The van der Waals surface area contributed by atoms with Crippen LogP contribution in [0.15, 0.2) is 34.8 Å². The minimum Gasteiger partial charge on any atom is -0.456 e. The van der Waals surface area contributed by atoms with E-state index in [0.29, 0.717) is 17.1 Å². The van der Waals surface area contributed by atoms with Gasteiger partial charge in [0.05, 0.1) is 10.5 Å². The summed E-state index contributed by atoms with van der Waals surface area (Å²) in [7, 11) is 0. The molecule has 108 valence electrons. The standard InChI is InChI=1S/C16H15NO4/c1-10-8-14(15(17(19)20)9-11(10)2)16-7-6-13(21-16)5-4-12(3)18/h4-9H,1-3H3/b5-4+. The average molecular weight is 285 g/mol. The van der Waals surface area contributed by atoms with Crippen LogP contribution in [0, 0.1) is 24.0 Å². The maximum Gasteiger partial charge on any atom is 0.280 e. The summed E-state index contributed by atoms with van der Waals surface area (Å²) in [5.41, 5.74) is 2.25. The van der Waals surface area contributed by atoms with Gasteiger partial charge in [0.15, 0.2) is 5.78 Å². The first-order valence-corrected chi connectivity index (χ1v) is 6.43. The highest BCUT2D eigenvalue weighted by molar-refractivity contribution is 5.91. The molecule has 0 amide bonds. The number of hydrogen-bond donors (Lipinski definition) is 0. The van der Waals surface area contributed by atoms with Gasteiger partial charge in [-0.1, -0.05) is 0 Å². The number of ketones is 1. The molecule has 0 saturated heterocycles. The lowest BCUT2D eigenvalue weighted by atomic mass is 10.0. The fraction of sp³-hybridized carbons (Fsp3) is 0.188. The van der Waals surface area contributed by atoms with Crippen LogP contribution < -0.4 is 0 Å². The van der Waals surface area contributed by atoms with Crippen molar-refractivity contribution in [3.8, 4) is 11.3 Å². The van der Waals surface area contributed by atoms with Crippen molar-refractivity contribution in [2.24, 2.45) is 0 Å². The maximum absolute atomic E-state index is 11.2. The predicted molar refractivity (Wildman–Crippen MR) is 80.0 cm³/mol. The number of rotatable bonds is 4. The van der Waals surface area contributed by atoms with Gasteiger partial charge in [0.2, 0.25) is 0 Å². The van der Waals surface area contributed by atoms with E-state index in [1.54, 1.807) is 24.3 Å². The van der Waals surface area contributed by atoms with E-state index in [1.807, 2.05) is 13.8 Å². The number of carbonyl (C=O) groups excluding carboxylic acids is 1. The van der Waals surface area contributed by atoms with Crippen LogP contribution in [-0.2, 0) is 4.79 Å². The number of nitro benzene ring substituents is 1. The Labute approximate surface area is 122 Å². The molecule has 5 nitrogen and oxygen atoms in total. The van der Waals surface area contributed by atoms with Gasteiger partial charge in [-0.3, -0.25) is 14.9 Å². The van der Waals surface area contributed by atoms with E-state index in [9.17, 15) is 14.9 Å². The molecule has 1 aromatic carbocycles. The Hall–Kier alpha value is -2.69. The van der Waals surface area contributed by atoms with Gasteiger partial charge in [-0.15, -0.1) is 0 Å². The van der Waals surface area contributed by atoms with E-state index in [4.69, 9.17) is 4.42 Å². The summed E-state index contributed by atoms with van der Waals surface area (Å²) >= 11 is 0. The van der Waals surface area contributed by atoms with Gasteiger partial charge in [0.25, 0.3) is 5.69 Å². The molecule has 2 rings (SSSR count). The third-order valence-electron chi connectivity index (χ3n) is 3.18. The Kier molecular flexibility index (Phi) is 4.03. The number of benzene rings is 1. The van der Waals surface area contributed by atoms with Crippen LogP contribution in [0.25, 0.3) is 17.4 Å². The summed E-state index contributed by atoms with van der Waals surface area (Å²) in [6, 6.07) is 6.62. The number of nitrogens with zero attached hydrogens (tertiary/aromatic N) is 1. The summed E-state index contributed by atoms with van der Waals surface area (Å²) < 4.78 is 5.56. The zero-order chi connectivity index (χ0) is 15.6. The smallest absolute Gasteiger partial charge is 0.280 e. The second-order valence-electron chi connectivity index (χ2n) is 4.86. The first-order chi connectivity index (χ1) is 9.88. The Morgan fingerprint density at radius 3 is 2.52 bits per heavy atom. The van der Waals surface area contributed by atoms with E-state index in [1.165, 1.54) is 19.1 Å². The molecule has 0 bridgehead atoms. The van der Waals surface area contributed by atoms with Crippen molar-refractivity contribution in [2.75, 3.05) is 0 Å². The van der Waals surface area contributed by atoms with Crippen LogP contribution in [0.1, 0.15) is 23.8 Å². The summed E-state index contributed by atoms with van der Waals surface area (Å²) in [5, 5.41) is 11.2. The molecule has 0 unspecified atom stereocenters. The normalized spacial score (nSPS) is 11.0. The third-order valence-corrected chi connectivity index (χ3v) is 3.18. The molecule has 21 heavy (non-hydrogen) atoms. The molecule has 0 aliphatic heterocycles. The Morgan fingerprint density at radius 1 is 1.24 bits per heavy atom. The third kappa shape index (κ3) is 3.25. The number of nitro groups is 1. The molecule has 0 spiro atoms. The van der Waals surface area contributed by atoms with Gasteiger partial charge in [-0.2, -0.15) is 0 Å². The largest absolute Gasteiger partial charge is 0.456 e. The van der Waals surface area contributed by atoms with E-state index < -0.39 is 4.92 Å². The van der Waals surface area contributed by atoms with Crippen LogP contribution in [0.2, 0.25) is 0 Å². The Bertz CT molecular complexity index is 741. The van der Waals surface area contributed by atoms with Gasteiger partial charge in [-0.25, -0.2) is 0 Å². The fourth-order valence-electron chi connectivity index (χ4n) is 1.94. The van der Waals surface area contributed by atoms with Crippen molar-refractivity contribution in [3.63, 3.8) is 0 Å². The van der Waals surface area contributed by atoms with Crippen molar-refractivity contribution < 1.29 is 14.1 Å². The van der Waals surface area contributed by atoms with Gasteiger partial charge >= 0.3 is 0 Å². The highest BCUT2D eigenvalue weighted by atomic mass is 16.6. The van der Waals surface area contributed by atoms with Crippen molar-refractivity contribution in [1.29, 1.82) is 0 Å². The van der Waals surface area contributed by atoms with Crippen molar-refractivity contribution >= 4 is 17.5 Å². The molecular formula is C16H15NO4. The lowest BCUT2D eigenvalue weighted by molar-refractivity contribution is -0.384. The van der Waals surface area contributed by atoms with Crippen molar-refractivity contribution in [2.45, 2.75) is 20.8 Å². The lowest BCUT2D eigenvalue weighted by Crippen LogP contribution is -1.94. The minimum atomic E-state index is -0.421. The van der Waals surface area contributed by atoms with Crippen LogP contribution >= 0.6 is 0 Å². The number of hydrogen-bond acceptors (Lipinski definition) is 4. The summed E-state index contributed by atoms with van der Waals surface area (Å²) in [6.07, 6.45) is 2.93. The lowest BCUT2D eigenvalue weighted by Gasteiger charge is -2.04. The first-order valence-electron chi connectivity index (χ1n) is 6.43. The van der Waals surface area contributed by atoms with Crippen LogP contribution in [0.4, 0.5) is 5.69 Å². The van der Waals surface area contributed by atoms with Crippen LogP contribution in [0.3, 0.4) is 0 Å². The molecule has 0 aliphatic rings. The molecule has 0 radical (unpaired) electrons. The quantitative estimate of drug-likeness (QED) is 0.482. The molecule has 0 fully saturated rings. The van der Waals surface area contributed by atoms with Gasteiger partial charge in [-0.05, 0) is 62.2 Å². The summed E-state index contributed by atoms with van der Waals surface area (Å²) in [4.78, 5) is 21.7. The fourth-order valence-corrected chi connectivity index (χ4v) is 1.94. The van der Waals surface area contributed by atoms with E-state index in [-0.39, 0.29) is 11.5 Å². The highest BCUT2D eigenvalue weighted by Crippen LogP contribution is 2.33. The van der Waals surface area contributed by atoms with Gasteiger partial charge < -0.3 is 4.42 Å². The molecule has 5 heteroatoms. The topological polar surface area (TPSA) is 73.3 Å². The van der Waals surface area contributed by atoms with Gasteiger partial charge in [0, 0.05) is 6.07 Å². The SMILES string of the molecule is CC(=O)/C=C/c1ccc(-c2cc(C)c(C)cc2[N+](=O)[O-])o1. The molecule has 0 saturated carbocycles. The minimum absolute atomic E-state index is 0.00884. The van der Waals surface area contributed by atoms with Crippen molar-refractivity contribution in [1.82, 2.24) is 0 Å². The molecule has 0 N–H and O–H groups in total. The number of aryl methyl sites for hydroxylation is 2. The number of carbonyl (C=O) groups is 1. The first kappa shape index (κ1) is 14.7. The zero-order valence-corrected chi connectivity index (χ0v) is 12.0. The van der Waals surface area contributed by atoms with E-state index in [0.717, 1.165) is 11.1 Å². The number of allylic oxidation sites excluding steroid dienone is 1. The van der Waals surface area contributed by atoms with Crippen LogP contribution in [0.5, 0.6) is 0 Å². The maximum atomic E-state index is 11.2. The molecular weight excluding hydrogens is 270 g/mol. The van der Waals surface area contributed by atoms with E-state index >= 15 is 0 Å². The predicted octanol–water partition coefficient (Wildman–Crippen LogP) is 4.07. The van der Waals surface area contributed by atoms with Crippen LogP contribution in [-0.4, -0.2) is 10.7 Å². The second kappa shape index (κ2) is 5.75. The summed E-state index contributed by atoms with van der Waals surface area (Å²) in [5.74, 6) is 0.797. The van der Waals surface area contributed by atoms with Crippen molar-refractivity contribution in [3.05, 3.63) is 57.3 Å². The number of furan rings is 1. The molecule has 0 atom stereocenters. The Morgan fingerprint density at radius 2 is 1.90 bits per heavy atom. The molecule has 1 heterocycles. The highest BCUT2D eigenvalue weighted by Gasteiger charge is 2.19. The zero-order valence-electron chi connectivity index (χ0n) is 12.0. The summed E-state index contributed by atoms with van der Waals surface area (Å²) in [6.45, 7) is 5.16. The molecule has 0 aliphatic carbocycles. The second-order valence-corrected chi connectivity index (χ2v) is 4.86. The average Bonchev–Trinajstić information content (AvgIpc) is 2.87.